The molecule has 1 aliphatic rings. The highest BCUT2D eigenvalue weighted by Gasteiger charge is 2.27. The Kier molecular flexibility index (Phi) is 19.7. The third-order valence-corrected chi connectivity index (χ3v) is 2.96. The third-order valence-electron chi connectivity index (χ3n) is 2.96. The standard InChI is InChI=1S/C13H17N3O2.2ClH.4H2O/c1-13(14,12(17)18)8-9-2-4-10(5-3-9)11-15-6-7-16-11;;;;;;/h2-5H,6-8,14H2,1H3,(H,15,16)(H,17,18);2*1H;4*1H2/t13-;;;;;;/m0....../s1. The summed E-state index contributed by atoms with van der Waals surface area (Å²) in [5, 5.41) is 12.2. The minimum atomic E-state index is -1.23. The molecule has 9 nitrogen and oxygen atoms in total. The first-order valence-corrected chi connectivity index (χ1v) is 5.89. The van der Waals surface area contributed by atoms with Gasteiger partial charge in [0.2, 0.25) is 0 Å². The molecule has 0 saturated heterocycles. The van der Waals surface area contributed by atoms with Crippen LogP contribution in [0.25, 0.3) is 0 Å². The van der Waals surface area contributed by atoms with Crippen LogP contribution in [0.4, 0.5) is 0 Å². The van der Waals surface area contributed by atoms with Crippen molar-refractivity contribution in [3.63, 3.8) is 0 Å². The second kappa shape index (κ2) is 13.9. The Morgan fingerprint density at radius 2 is 1.71 bits per heavy atom. The summed E-state index contributed by atoms with van der Waals surface area (Å²) >= 11 is 0. The lowest BCUT2D eigenvalue weighted by Crippen LogP contribution is -2.46. The van der Waals surface area contributed by atoms with Crippen LogP contribution >= 0.6 is 24.8 Å². The zero-order valence-corrected chi connectivity index (χ0v) is 14.8. The molecule has 0 spiro atoms. The monoisotopic (exact) mass is 391 g/mol. The molecular weight excluding hydrogens is 365 g/mol. The van der Waals surface area contributed by atoms with Gasteiger partial charge in [0, 0.05) is 18.5 Å². The van der Waals surface area contributed by atoms with Crippen molar-refractivity contribution in [2.45, 2.75) is 18.9 Å². The van der Waals surface area contributed by atoms with Gasteiger partial charge in [-0.3, -0.25) is 9.79 Å². The van der Waals surface area contributed by atoms with Crippen LogP contribution in [0.15, 0.2) is 29.3 Å². The molecule has 1 heterocycles. The van der Waals surface area contributed by atoms with Gasteiger partial charge in [0.15, 0.2) is 0 Å². The van der Waals surface area contributed by atoms with E-state index in [1.54, 1.807) is 0 Å². The molecule has 0 aliphatic carbocycles. The van der Waals surface area contributed by atoms with Gasteiger partial charge < -0.3 is 38.1 Å². The number of aliphatic imine (C=N–C) groups is 1. The summed E-state index contributed by atoms with van der Waals surface area (Å²) in [5.41, 5.74) is 6.41. The van der Waals surface area contributed by atoms with Crippen molar-refractivity contribution in [3.8, 4) is 0 Å². The van der Waals surface area contributed by atoms with Crippen LogP contribution in [0.3, 0.4) is 0 Å². The van der Waals surface area contributed by atoms with E-state index in [2.05, 4.69) is 10.3 Å². The van der Waals surface area contributed by atoms with E-state index < -0.39 is 11.5 Å². The van der Waals surface area contributed by atoms with E-state index in [1.807, 2.05) is 24.3 Å². The summed E-state index contributed by atoms with van der Waals surface area (Å²) in [7, 11) is 0. The van der Waals surface area contributed by atoms with Crippen molar-refractivity contribution in [3.05, 3.63) is 35.4 Å². The molecular formula is C13H27Cl2N3O6. The highest BCUT2D eigenvalue weighted by molar-refractivity contribution is 5.99. The normalized spacial score (nSPS) is 13.3. The summed E-state index contributed by atoms with van der Waals surface area (Å²) in [5.74, 6) is -0.0938. The van der Waals surface area contributed by atoms with Crippen LogP contribution in [0.2, 0.25) is 0 Å². The van der Waals surface area contributed by atoms with Crippen molar-refractivity contribution in [2.75, 3.05) is 13.1 Å². The molecule has 0 bridgehead atoms. The maximum absolute atomic E-state index is 10.9. The number of halogens is 2. The largest absolute Gasteiger partial charge is 0.480 e. The van der Waals surface area contributed by atoms with Gasteiger partial charge in [0.1, 0.15) is 11.4 Å². The Hall–Kier alpha value is -1.46. The third kappa shape index (κ3) is 8.41. The molecule has 0 amide bonds. The summed E-state index contributed by atoms with van der Waals surface area (Å²) in [6, 6.07) is 7.66. The van der Waals surface area contributed by atoms with Crippen LogP contribution in [-0.4, -0.2) is 57.4 Å². The molecule has 0 saturated carbocycles. The Balaban J connectivity index is -0.000000201. The van der Waals surface area contributed by atoms with E-state index in [9.17, 15) is 4.79 Å². The molecule has 144 valence electrons. The van der Waals surface area contributed by atoms with Crippen LogP contribution in [-0.2, 0) is 11.2 Å². The number of rotatable bonds is 4. The second-order valence-corrected chi connectivity index (χ2v) is 4.75. The lowest BCUT2D eigenvalue weighted by atomic mass is 9.93. The van der Waals surface area contributed by atoms with Crippen LogP contribution in [0.1, 0.15) is 18.1 Å². The topological polar surface area (TPSA) is 214 Å². The number of nitrogens with one attached hydrogen (secondary N) is 1. The average molecular weight is 392 g/mol. The number of carboxylic acids is 1. The van der Waals surface area contributed by atoms with Gasteiger partial charge in [-0.1, -0.05) is 24.3 Å². The zero-order valence-electron chi connectivity index (χ0n) is 13.1. The lowest BCUT2D eigenvalue weighted by molar-refractivity contribution is -0.142. The van der Waals surface area contributed by atoms with Crippen molar-refractivity contribution < 1.29 is 31.8 Å². The first-order valence-electron chi connectivity index (χ1n) is 5.89. The molecule has 2 rings (SSSR count). The number of aliphatic carboxylic acids is 1. The van der Waals surface area contributed by atoms with E-state index in [0.717, 1.165) is 30.1 Å². The maximum atomic E-state index is 10.9. The van der Waals surface area contributed by atoms with Gasteiger partial charge in [-0.15, -0.1) is 24.8 Å². The molecule has 0 aromatic heterocycles. The highest BCUT2D eigenvalue weighted by Crippen LogP contribution is 2.13. The van der Waals surface area contributed by atoms with Crippen molar-refractivity contribution in [2.24, 2.45) is 10.7 Å². The number of benzene rings is 1. The molecule has 0 radical (unpaired) electrons. The van der Waals surface area contributed by atoms with Crippen LogP contribution in [0, 0.1) is 0 Å². The molecule has 24 heavy (non-hydrogen) atoms. The molecule has 1 aromatic carbocycles. The number of carbonyl (C=O) groups is 1. The zero-order chi connectivity index (χ0) is 13.2. The summed E-state index contributed by atoms with van der Waals surface area (Å²) in [6.07, 6.45) is 0.308. The number of amidine groups is 1. The first-order chi connectivity index (χ1) is 8.49. The predicted molar refractivity (Wildman–Crippen MR) is 98.7 cm³/mol. The average Bonchev–Trinajstić information content (AvgIpc) is 2.83. The Bertz CT molecular complexity index is 497. The lowest BCUT2D eigenvalue weighted by Gasteiger charge is -2.19. The number of hydrogen-bond donors (Lipinski definition) is 3. The Morgan fingerprint density at radius 3 is 2.08 bits per heavy atom. The maximum Gasteiger partial charge on any atom is 0.323 e. The van der Waals surface area contributed by atoms with Crippen LogP contribution in [0.5, 0.6) is 0 Å². The van der Waals surface area contributed by atoms with E-state index in [-0.39, 0.29) is 46.7 Å². The van der Waals surface area contributed by atoms with E-state index in [4.69, 9.17) is 10.8 Å². The van der Waals surface area contributed by atoms with Crippen molar-refractivity contribution >= 4 is 36.6 Å². The predicted octanol–water partition coefficient (Wildman–Crippen LogP) is -2.07. The number of carboxylic acid groups (broad SMARTS) is 1. The van der Waals surface area contributed by atoms with Crippen LogP contribution < -0.4 is 11.1 Å². The molecule has 12 N–H and O–H groups in total. The highest BCUT2D eigenvalue weighted by atomic mass is 35.5. The molecule has 1 aliphatic heterocycles. The number of nitrogens with two attached hydrogens (primary N) is 1. The van der Waals surface area contributed by atoms with Crippen molar-refractivity contribution in [1.29, 1.82) is 0 Å². The molecule has 1 atom stereocenters. The van der Waals surface area contributed by atoms with Gasteiger partial charge in [-0.2, -0.15) is 0 Å². The minimum Gasteiger partial charge on any atom is -0.480 e. The first kappa shape index (κ1) is 34.0. The van der Waals surface area contributed by atoms with Gasteiger partial charge >= 0.3 is 5.97 Å². The minimum absolute atomic E-state index is 0. The quantitative estimate of drug-likeness (QED) is 0.526. The molecule has 0 unspecified atom stereocenters. The molecule has 1 aromatic rings. The van der Waals surface area contributed by atoms with E-state index in [0.29, 0.717) is 6.42 Å². The SMILES string of the molecule is C[C@](N)(Cc1ccc(C2=NCCN2)cc1)C(=O)O.Cl.Cl.O.O.O.O. The van der Waals surface area contributed by atoms with Gasteiger partial charge in [-0.05, 0) is 12.5 Å². The summed E-state index contributed by atoms with van der Waals surface area (Å²) in [4.78, 5) is 15.3. The van der Waals surface area contributed by atoms with Gasteiger partial charge in [-0.25, -0.2) is 0 Å². The van der Waals surface area contributed by atoms with E-state index >= 15 is 0 Å². The Labute approximate surface area is 152 Å². The fraction of sp³-hybridized carbons (Fsp3) is 0.385. The number of nitrogens with zero attached hydrogens (tertiary/aromatic N) is 1. The fourth-order valence-electron chi connectivity index (χ4n) is 1.87. The van der Waals surface area contributed by atoms with Crippen molar-refractivity contribution in [1.82, 2.24) is 5.32 Å². The fourth-order valence-corrected chi connectivity index (χ4v) is 1.87. The molecule has 0 fully saturated rings. The van der Waals surface area contributed by atoms with Gasteiger partial charge in [0.25, 0.3) is 0 Å². The smallest absolute Gasteiger partial charge is 0.323 e. The molecule has 11 heteroatoms. The Morgan fingerprint density at radius 1 is 1.21 bits per heavy atom. The number of hydrogen-bond acceptors (Lipinski definition) is 4. The summed E-state index contributed by atoms with van der Waals surface area (Å²) < 4.78 is 0. The van der Waals surface area contributed by atoms with E-state index in [1.165, 1.54) is 6.92 Å². The van der Waals surface area contributed by atoms with Gasteiger partial charge in [0.05, 0.1) is 6.54 Å². The summed E-state index contributed by atoms with van der Waals surface area (Å²) in [6.45, 7) is 3.19. The second-order valence-electron chi connectivity index (χ2n) is 4.75.